The van der Waals surface area contributed by atoms with Gasteiger partial charge >= 0.3 is 0 Å². The lowest BCUT2D eigenvalue weighted by Gasteiger charge is -2.16. The van der Waals surface area contributed by atoms with Gasteiger partial charge in [0.2, 0.25) is 0 Å². The fraction of sp³-hybridized carbons (Fsp3) is 0. The molecule has 0 radical (unpaired) electrons. The number of hydrogen-bond donors (Lipinski definition) is 0. The summed E-state index contributed by atoms with van der Waals surface area (Å²) < 4.78 is 4.88. The van der Waals surface area contributed by atoms with E-state index in [1.807, 2.05) is 24.5 Å². The summed E-state index contributed by atoms with van der Waals surface area (Å²) in [5.74, 6) is 0. The second-order valence-corrected chi connectivity index (χ2v) is 17.7. The molecule has 4 aromatic heterocycles. The van der Waals surface area contributed by atoms with E-state index in [1.165, 1.54) is 98.2 Å². The summed E-state index contributed by atoms with van der Waals surface area (Å²) in [6.45, 7) is 0. The molecule has 0 bridgehead atoms. The van der Waals surface area contributed by atoms with Crippen molar-refractivity contribution in [1.29, 1.82) is 0 Å². The molecule has 0 N–H and O–H groups in total. The normalized spacial score (nSPS) is 11.8. The van der Waals surface area contributed by atoms with E-state index in [2.05, 4.69) is 228 Å². The number of aromatic nitrogens is 4. The quantitative estimate of drug-likeness (QED) is 0.156. The average molecular weight is 865 g/mol. The predicted octanol–water partition coefficient (Wildman–Crippen LogP) is 16.8. The van der Waals surface area contributed by atoms with Crippen LogP contribution >= 0.6 is 0 Å². The third-order valence-corrected chi connectivity index (χ3v) is 14.0. The zero-order valence-electron chi connectivity index (χ0n) is 36.9. The van der Waals surface area contributed by atoms with Gasteiger partial charge < -0.3 is 9.13 Å². The Labute approximate surface area is 392 Å². The Hall–Kier alpha value is -9.12. The van der Waals surface area contributed by atoms with Crippen molar-refractivity contribution in [1.82, 2.24) is 19.1 Å². The maximum atomic E-state index is 4.71. The lowest BCUT2D eigenvalue weighted by atomic mass is 9.93. The van der Waals surface area contributed by atoms with E-state index in [-0.39, 0.29) is 0 Å². The summed E-state index contributed by atoms with van der Waals surface area (Å²) in [6.07, 6.45) is 3.73. The van der Waals surface area contributed by atoms with Crippen molar-refractivity contribution in [3.8, 4) is 56.1 Å². The highest BCUT2D eigenvalue weighted by Gasteiger charge is 2.19. The smallest absolute Gasteiger partial charge is 0.0708 e. The predicted molar refractivity (Wildman–Crippen MR) is 285 cm³/mol. The molecule has 0 saturated carbocycles. The van der Waals surface area contributed by atoms with Crippen LogP contribution in [0.1, 0.15) is 0 Å². The highest BCUT2D eigenvalue weighted by Crippen LogP contribution is 2.43. The molecule has 0 spiro atoms. The minimum absolute atomic E-state index is 0.970. The van der Waals surface area contributed by atoms with Gasteiger partial charge in [0.25, 0.3) is 0 Å². The van der Waals surface area contributed by atoms with Gasteiger partial charge in [-0.2, -0.15) is 0 Å². The molecule has 4 heterocycles. The summed E-state index contributed by atoms with van der Waals surface area (Å²) in [6, 6.07) is 83.8. The van der Waals surface area contributed by atoms with Crippen LogP contribution in [0.25, 0.3) is 132 Å². The van der Waals surface area contributed by atoms with Crippen molar-refractivity contribution >= 4 is 75.9 Å². The molecule has 0 saturated heterocycles. The van der Waals surface area contributed by atoms with Gasteiger partial charge in [-0.25, -0.2) is 0 Å². The molecule has 4 heteroatoms. The fourth-order valence-electron chi connectivity index (χ4n) is 11.0. The molecule has 68 heavy (non-hydrogen) atoms. The van der Waals surface area contributed by atoms with E-state index in [1.54, 1.807) is 0 Å². The number of rotatable bonds is 6. The summed E-state index contributed by atoms with van der Waals surface area (Å²) in [4.78, 5) is 9.43. The van der Waals surface area contributed by atoms with Gasteiger partial charge in [-0.05, 0) is 140 Å². The molecule has 10 aromatic carbocycles. The molecule has 0 atom stereocenters. The van der Waals surface area contributed by atoms with Gasteiger partial charge in [-0.1, -0.05) is 146 Å². The first kappa shape index (κ1) is 38.2. The van der Waals surface area contributed by atoms with Crippen molar-refractivity contribution in [3.05, 3.63) is 243 Å². The van der Waals surface area contributed by atoms with Crippen LogP contribution in [-0.2, 0) is 0 Å². The second-order valence-electron chi connectivity index (χ2n) is 17.7. The van der Waals surface area contributed by atoms with Crippen molar-refractivity contribution in [2.75, 3.05) is 0 Å². The summed E-state index contributed by atoms with van der Waals surface area (Å²) in [5.41, 5.74) is 15.8. The molecule has 0 unspecified atom stereocenters. The Balaban J connectivity index is 0.942. The monoisotopic (exact) mass is 864 g/mol. The van der Waals surface area contributed by atoms with Crippen LogP contribution in [0.15, 0.2) is 243 Å². The van der Waals surface area contributed by atoms with E-state index in [0.29, 0.717) is 0 Å². The third-order valence-electron chi connectivity index (χ3n) is 14.0. The molecule has 0 aliphatic carbocycles. The van der Waals surface area contributed by atoms with Crippen LogP contribution < -0.4 is 0 Å². The molecule has 0 fully saturated rings. The Morgan fingerprint density at radius 2 is 0.603 bits per heavy atom. The molecule has 0 aliphatic rings. The van der Waals surface area contributed by atoms with Crippen LogP contribution in [0.5, 0.6) is 0 Å². The van der Waals surface area contributed by atoms with Gasteiger partial charge in [0.1, 0.15) is 0 Å². The molecule has 0 aliphatic heterocycles. The highest BCUT2D eigenvalue weighted by molar-refractivity contribution is 6.26. The first-order valence-electron chi connectivity index (χ1n) is 23.2. The maximum absolute atomic E-state index is 4.71. The van der Waals surface area contributed by atoms with Crippen LogP contribution in [0.4, 0.5) is 0 Å². The maximum Gasteiger partial charge on any atom is 0.0708 e. The van der Waals surface area contributed by atoms with Gasteiger partial charge in [-0.3, -0.25) is 9.97 Å². The highest BCUT2D eigenvalue weighted by atomic mass is 15.0. The molecule has 14 rings (SSSR count). The van der Waals surface area contributed by atoms with Crippen LogP contribution in [0.2, 0.25) is 0 Å². The number of para-hydroxylation sites is 2. The number of hydrogen-bond acceptors (Lipinski definition) is 2. The van der Waals surface area contributed by atoms with Crippen LogP contribution in [0, 0.1) is 0 Å². The van der Waals surface area contributed by atoms with Crippen molar-refractivity contribution in [2.45, 2.75) is 0 Å². The van der Waals surface area contributed by atoms with Crippen molar-refractivity contribution in [3.63, 3.8) is 0 Å². The third kappa shape index (κ3) is 5.87. The number of nitrogens with zero attached hydrogens (tertiary/aromatic N) is 4. The average Bonchev–Trinajstić information content (AvgIpc) is 3.93. The standard InChI is InChI=1S/C64H40N4/c1-5-19-51(59-23-11-13-35-65-59)45(15-1)41-27-33-63-57(37-41)53-21-7-9-25-61(53)67(63)43-29-31-49-47-17-3-4-18-48(47)55-39-44(30-32-50(55)56(49)40-43)68-62-26-10-8-22-54(62)58-38-42(28-34-64(58)68)46-16-2-6-20-52(46)60-24-12-14-36-66-60/h1-40H. The number of pyridine rings is 2. The second kappa shape index (κ2) is 15.2. The zero-order valence-corrected chi connectivity index (χ0v) is 36.9. The molecule has 14 aromatic rings. The minimum Gasteiger partial charge on any atom is -0.309 e. The van der Waals surface area contributed by atoms with Gasteiger partial charge in [0.15, 0.2) is 0 Å². The van der Waals surface area contributed by atoms with Gasteiger partial charge in [0.05, 0.1) is 33.5 Å². The molecular weight excluding hydrogens is 825 g/mol. The fourth-order valence-corrected chi connectivity index (χ4v) is 11.0. The SMILES string of the molecule is c1ccc(-c2ccccc2-c2ccc3c(c2)c2ccccc2n3-c2ccc3c(c2)c2ccccc2c2ccc(-n4c5ccccc5c5cc(-c6ccccc6-c6ccccn6)ccc54)cc23)nc1. The molecule has 0 amide bonds. The number of fused-ring (bicyclic) bond motifs is 12. The van der Waals surface area contributed by atoms with Crippen LogP contribution in [-0.4, -0.2) is 19.1 Å². The summed E-state index contributed by atoms with van der Waals surface area (Å²) in [5, 5.41) is 12.3. The van der Waals surface area contributed by atoms with Crippen molar-refractivity contribution < 1.29 is 0 Å². The van der Waals surface area contributed by atoms with E-state index < -0.39 is 0 Å². The topological polar surface area (TPSA) is 35.6 Å². The van der Waals surface area contributed by atoms with E-state index >= 15 is 0 Å². The largest absolute Gasteiger partial charge is 0.309 e. The lowest BCUT2D eigenvalue weighted by molar-refractivity contribution is 1.18. The lowest BCUT2D eigenvalue weighted by Crippen LogP contribution is -1.96. The Bertz CT molecular complexity index is 4080. The van der Waals surface area contributed by atoms with Crippen LogP contribution in [0.3, 0.4) is 0 Å². The molecule has 4 nitrogen and oxygen atoms in total. The first-order chi connectivity index (χ1) is 33.7. The Morgan fingerprint density at radius 3 is 1.07 bits per heavy atom. The first-order valence-corrected chi connectivity index (χ1v) is 23.2. The number of benzene rings is 10. The summed E-state index contributed by atoms with van der Waals surface area (Å²) in [7, 11) is 0. The van der Waals surface area contributed by atoms with Gasteiger partial charge in [0, 0.05) is 56.4 Å². The van der Waals surface area contributed by atoms with E-state index in [0.717, 1.165) is 33.9 Å². The Kier molecular flexibility index (Phi) is 8.55. The van der Waals surface area contributed by atoms with Crippen molar-refractivity contribution in [2.24, 2.45) is 0 Å². The van der Waals surface area contributed by atoms with E-state index in [9.17, 15) is 0 Å². The van der Waals surface area contributed by atoms with E-state index in [4.69, 9.17) is 9.97 Å². The minimum atomic E-state index is 0.970. The molecule has 316 valence electrons. The zero-order chi connectivity index (χ0) is 44.7. The molecular formula is C64H40N4. The summed E-state index contributed by atoms with van der Waals surface area (Å²) >= 11 is 0. The van der Waals surface area contributed by atoms with Gasteiger partial charge in [-0.15, -0.1) is 0 Å². The Morgan fingerprint density at radius 1 is 0.235 bits per heavy atom.